The number of anilines is 1. The minimum absolute atomic E-state index is 0.421. The van der Waals surface area contributed by atoms with Gasteiger partial charge >= 0.3 is 0 Å². The fraction of sp³-hybridized carbons (Fsp3) is 0.320. The van der Waals surface area contributed by atoms with Crippen molar-refractivity contribution in [2.75, 3.05) is 25.5 Å². The normalized spacial score (nSPS) is 15.1. The lowest BCUT2D eigenvalue weighted by Crippen LogP contribution is -2.33. The first-order valence-electron chi connectivity index (χ1n) is 11.2. The molecule has 0 saturated carbocycles. The standard InChI is InChI=1S/C25H27BrN6O/c1-33-23-7-3-2-6-20(23)17-31-11-8-19(9-12-31)22-13-24(28-15-18-5-4-10-27-14-18)32-25(30-22)21(26)16-29-32/h2-7,10,13-14,16,19,28H,8-9,11-12,15,17H2,1H3. The van der Waals surface area contributed by atoms with Gasteiger partial charge in [0.1, 0.15) is 11.6 Å². The van der Waals surface area contributed by atoms with Gasteiger partial charge < -0.3 is 10.1 Å². The Morgan fingerprint density at radius 1 is 1.12 bits per heavy atom. The first-order chi connectivity index (χ1) is 16.2. The Morgan fingerprint density at radius 3 is 2.76 bits per heavy atom. The Morgan fingerprint density at radius 2 is 1.97 bits per heavy atom. The second-order valence-electron chi connectivity index (χ2n) is 8.37. The molecule has 0 radical (unpaired) electrons. The third-order valence-electron chi connectivity index (χ3n) is 6.24. The summed E-state index contributed by atoms with van der Waals surface area (Å²) in [5.74, 6) is 2.33. The summed E-state index contributed by atoms with van der Waals surface area (Å²) in [4.78, 5) is 11.7. The van der Waals surface area contributed by atoms with E-state index >= 15 is 0 Å². The van der Waals surface area contributed by atoms with Crippen molar-refractivity contribution in [2.24, 2.45) is 0 Å². The molecule has 8 heteroatoms. The van der Waals surface area contributed by atoms with Crippen LogP contribution in [-0.4, -0.2) is 44.7 Å². The van der Waals surface area contributed by atoms with Crippen molar-refractivity contribution in [1.29, 1.82) is 0 Å². The summed E-state index contributed by atoms with van der Waals surface area (Å²) in [5, 5.41) is 8.03. The molecule has 1 aliphatic heterocycles. The van der Waals surface area contributed by atoms with Crippen LogP contribution in [0.25, 0.3) is 5.65 Å². The molecule has 0 spiro atoms. The summed E-state index contributed by atoms with van der Waals surface area (Å²) in [6, 6.07) is 14.5. The molecule has 1 fully saturated rings. The summed E-state index contributed by atoms with van der Waals surface area (Å²) in [7, 11) is 1.74. The topological polar surface area (TPSA) is 67.6 Å². The van der Waals surface area contributed by atoms with Gasteiger partial charge in [-0.3, -0.25) is 9.88 Å². The van der Waals surface area contributed by atoms with Gasteiger partial charge in [0.25, 0.3) is 0 Å². The van der Waals surface area contributed by atoms with Gasteiger partial charge in [-0.1, -0.05) is 24.3 Å². The van der Waals surface area contributed by atoms with Crippen LogP contribution in [0.5, 0.6) is 5.75 Å². The number of fused-ring (bicyclic) bond motifs is 1. The van der Waals surface area contributed by atoms with E-state index in [1.165, 1.54) is 5.56 Å². The van der Waals surface area contributed by atoms with Gasteiger partial charge in [-0.2, -0.15) is 9.61 Å². The molecule has 1 aromatic carbocycles. The predicted octanol–water partition coefficient (Wildman–Crippen LogP) is 4.89. The molecule has 0 amide bonds. The average molecular weight is 507 g/mol. The number of piperidine rings is 1. The van der Waals surface area contributed by atoms with Crippen molar-refractivity contribution < 1.29 is 4.74 Å². The molecule has 1 saturated heterocycles. The average Bonchev–Trinajstić information content (AvgIpc) is 3.24. The van der Waals surface area contributed by atoms with Crippen LogP contribution in [0.1, 0.15) is 35.6 Å². The van der Waals surface area contributed by atoms with Crippen LogP contribution in [0.15, 0.2) is 65.5 Å². The lowest BCUT2D eigenvalue weighted by molar-refractivity contribution is 0.201. The van der Waals surface area contributed by atoms with Crippen molar-refractivity contribution in [3.8, 4) is 5.75 Å². The van der Waals surface area contributed by atoms with Gasteiger partial charge in [0.15, 0.2) is 5.65 Å². The van der Waals surface area contributed by atoms with E-state index in [4.69, 9.17) is 9.72 Å². The van der Waals surface area contributed by atoms with Gasteiger partial charge in [-0.15, -0.1) is 0 Å². The molecule has 0 atom stereocenters. The smallest absolute Gasteiger partial charge is 0.171 e. The van der Waals surface area contributed by atoms with Crippen LogP contribution < -0.4 is 10.1 Å². The molecule has 33 heavy (non-hydrogen) atoms. The predicted molar refractivity (Wildman–Crippen MR) is 132 cm³/mol. The first-order valence-corrected chi connectivity index (χ1v) is 12.0. The number of halogens is 1. The molecule has 0 aliphatic carbocycles. The van der Waals surface area contributed by atoms with E-state index in [0.29, 0.717) is 12.5 Å². The minimum atomic E-state index is 0.421. The number of ether oxygens (including phenoxy) is 1. The monoisotopic (exact) mass is 506 g/mol. The second-order valence-corrected chi connectivity index (χ2v) is 9.23. The zero-order valence-corrected chi connectivity index (χ0v) is 20.2. The summed E-state index contributed by atoms with van der Waals surface area (Å²) in [6.45, 7) is 3.67. The third-order valence-corrected chi connectivity index (χ3v) is 6.80. The molecule has 0 bridgehead atoms. The Hall–Kier alpha value is -2.97. The lowest BCUT2D eigenvalue weighted by Gasteiger charge is -2.32. The number of para-hydroxylation sites is 1. The molecule has 170 valence electrons. The highest BCUT2D eigenvalue weighted by atomic mass is 79.9. The van der Waals surface area contributed by atoms with Gasteiger partial charge in [-0.05, 0) is 59.6 Å². The molecular formula is C25H27BrN6O. The Labute approximate surface area is 201 Å². The van der Waals surface area contributed by atoms with Crippen LogP contribution in [0.2, 0.25) is 0 Å². The van der Waals surface area contributed by atoms with E-state index in [0.717, 1.165) is 65.4 Å². The van der Waals surface area contributed by atoms with E-state index < -0.39 is 0 Å². The fourth-order valence-electron chi connectivity index (χ4n) is 4.45. The first kappa shape index (κ1) is 21.9. The van der Waals surface area contributed by atoms with Crippen LogP contribution >= 0.6 is 15.9 Å². The lowest BCUT2D eigenvalue weighted by atomic mass is 9.93. The number of hydrogen-bond donors (Lipinski definition) is 1. The van der Waals surface area contributed by atoms with Crippen LogP contribution in [0.4, 0.5) is 5.82 Å². The van der Waals surface area contributed by atoms with E-state index in [1.807, 2.05) is 28.9 Å². The van der Waals surface area contributed by atoms with E-state index in [2.05, 4.69) is 60.5 Å². The summed E-state index contributed by atoms with van der Waals surface area (Å²) < 4.78 is 8.30. The van der Waals surface area contributed by atoms with Crippen LogP contribution in [-0.2, 0) is 13.1 Å². The number of rotatable bonds is 7. The second kappa shape index (κ2) is 9.89. The maximum absolute atomic E-state index is 5.53. The van der Waals surface area contributed by atoms with Gasteiger partial charge in [0.05, 0.1) is 17.8 Å². The van der Waals surface area contributed by atoms with E-state index in [1.54, 1.807) is 19.5 Å². The zero-order chi connectivity index (χ0) is 22.6. The van der Waals surface area contributed by atoms with Crippen molar-refractivity contribution in [3.63, 3.8) is 0 Å². The number of hydrogen-bond acceptors (Lipinski definition) is 6. The maximum Gasteiger partial charge on any atom is 0.171 e. The number of nitrogens with one attached hydrogen (secondary N) is 1. The van der Waals surface area contributed by atoms with Crippen molar-refractivity contribution in [1.82, 2.24) is 24.5 Å². The molecule has 1 aliphatic rings. The molecule has 7 nitrogen and oxygen atoms in total. The Balaban J connectivity index is 1.31. The number of benzene rings is 1. The number of methoxy groups -OCH3 is 1. The third kappa shape index (κ3) is 4.86. The highest BCUT2D eigenvalue weighted by Crippen LogP contribution is 2.31. The van der Waals surface area contributed by atoms with Crippen molar-refractivity contribution in [3.05, 3.63) is 82.3 Å². The van der Waals surface area contributed by atoms with Crippen molar-refractivity contribution >= 4 is 27.4 Å². The molecule has 4 heterocycles. The van der Waals surface area contributed by atoms with Crippen molar-refractivity contribution in [2.45, 2.75) is 31.8 Å². The molecule has 3 aromatic heterocycles. The van der Waals surface area contributed by atoms with Crippen LogP contribution in [0, 0.1) is 0 Å². The number of aromatic nitrogens is 4. The fourth-order valence-corrected chi connectivity index (χ4v) is 4.79. The minimum Gasteiger partial charge on any atom is -0.496 e. The summed E-state index contributed by atoms with van der Waals surface area (Å²) >= 11 is 3.61. The molecule has 0 unspecified atom stereocenters. The Kier molecular flexibility index (Phi) is 6.55. The largest absolute Gasteiger partial charge is 0.496 e. The van der Waals surface area contributed by atoms with E-state index in [9.17, 15) is 0 Å². The zero-order valence-electron chi connectivity index (χ0n) is 18.6. The highest BCUT2D eigenvalue weighted by molar-refractivity contribution is 9.10. The number of likely N-dealkylation sites (tertiary alicyclic amines) is 1. The molecular weight excluding hydrogens is 480 g/mol. The molecule has 1 N–H and O–H groups in total. The quantitative estimate of drug-likeness (QED) is 0.385. The highest BCUT2D eigenvalue weighted by Gasteiger charge is 2.24. The van der Waals surface area contributed by atoms with Gasteiger partial charge in [0.2, 0.25) is 0 Å². The number of pyridine rings is 1. The van der Waals surface area contributed by atoms with E-state index in [-0.39, 0.29) is 0 Å². The molecule has 4 aromatic rings. The molecule has 5 rings (SSSR count). The Bertz CT molecular complexity index is 1220. The van der Waals surface area contributed by atoms with Gasteiger partial charge in [-0.25, -0.2) is 4.98 Å². The van der Waals surface area contributed by atoms with Crippen LogP contribution in [0.3, 0.4) is 0 Å². The summed E-state index contributed by atoms with van der Waals surface area (Å²) in [5.41, 5.74) is 4.33. The SMILES string of the molecule is COc1ccccc1CN1CCC(c2cc(NCc3cccnc3)n3ncc(Br)c3n2)CC1. The number of nitrogens with zero attached hydrogens (tertiary/aromatic N) is 5. The summed E-state index contributed by atoms with van der Waals surface area (Å²) in [6.07, 6.45) is 7.62. The maximum atomic E-state index is 5.53. The van der Waals surface area contributed by atoms with Gasteiger partial charge in [0, 0.05) is 48.7 Å².